The Bertz CT molecular complexity index is 1560. The maximum Gasteiger partial charge on any atom is 0.306 e. The summed E-state index contributed by atoms with van der Waals surface area (Å²) in [6, 6.07) is 0. The normalized spacial score (nSPS) is 12.8. The smallest absolute Gasteiger partial charge is 0.306 e. The molecular formula is C71H120O6. The molecule has 0 aliphatic heterocycles. The van der Waals surface area contributed by atoms with Gasteiger partial charge in [0, 0.05) is 19.3 Å². The van der Waals surface area contributed by atoms with E-state index in [0.717, 1.165) is 122 Å². The first-order valence-electron chi connectivity index (χ1n) is 32.4. The number of rotatable bonds is 58. The Kier molecular flexibility index (Phi) is 61.3. The van der Waals surface area contributed by atoms with Crippen molar-refractivity contribution in [2.45, 2.75) is 309 Å². The predicted molar refractivity (Wildman–Crippen MR) is 334 cm³/mol. The Morgan fingerprint density at radius 3 is 0.805 bits per heavy atom. The molecule has 0 radical (unpaired) electrons. The van der Waals surface area contributed by atoms with Gasteiger partial charge in [-0.1, -0.05) is 265 Å². The van der Waals surface area contributed by atoms with E-state index >= 15 is 0 Å². The van der Waals surface area contributed by atoms with Crippen molar-refractivity contribution in [3.63, 3.8) is 0 Å². The minimum absolute atomic E-state index is 0.0955. The second kappa shape index (κ2) is 64.6. The van der Waals surface area contributed by atoms with Gasteiger partial charge in [0.05, 0.1) is 0 Å². The van der Waals surface area contributed by atoms with Gasteiger partial charge in [-0.25, -0.2) is 0 Å². The van der Waals surface area contributed by atoms with Crippen LogP contribution in [0.2, 0.25) is 0 Å². The maximum atomic E-state index is 12.9. The van der Waals surface area contributed by atoms with Crippen LogP contribution >= 0.6 is 0 Å². The van der Waals surface area contributed by atoms with Crippen LogP contribution in [0.15, 0.2) is 109 Å². The predicted octanol–water partition coefficient (Wildman–Crippen LogP) is 22.2. The molecule has 0 aromatic rings. The summed E-state index contributed by atoms with van der Waals surface area (Å²) in [7, 11) is 0. The van der Waals surface area contributed by atoms with E-state index in [1.807, 2.05) is 0 Å². The molecule has 0 rings (SSSR count). The van der Waals surface area contributed by atoms with E-state index in [4.69, 9.17) is 14.2 Å². The third-order valence-electron chi connectivity index (χ3n) is 13.7. The number of allylic oxidation sites excluding steroid dienone is 18. The van der Waals surface area contributed by atoms with Crippen LogP contribution in [-0.2, 0) is 28.6 Å². The number of hydrogen-bond donors (Lipinski definition) is 0. The van der Waals surface area contributed by atoms with E-state index in [2.05, 4.69) is 130 Å². The van der Waals surface area contributed by atoms with Crippen LogP contribution < -0.4 is 0 Å². The number of carbonyl (C=O) groups excluding carboxylic acids is 3. The van der Waals surface area contributed by atoms with Gasteiger partial charge in [-0.05, 0) is 128 Å². The third kappa shape index (κ3) is 62.8. The van der Waals surface area contributed by atoms with Crippen LogP contribution in [-0.4, -0.2) is 37.2 Å². The first-order valence-corrected chi connectivity index (χ1v) is 32.4. The van der Waals surface area contributed by atoms with Crippen LogP contribution in [0.1, 0.15) is 303 Å². The molecule has 0 saturated carbocycles. The van der Waals surface area contributed by atoms with Gasteiger partial charge in [0.15, 0.2) is 6.10 Å². The monoisotopic (exact) mass is 1070 g/mol. The van der Waals surface area contributed by atoms with Crippen molar-refractivity contribution in [3.05, 3.63) is 109 Å². The van der Waals surface area contributed by atoms with Crippen molar-refractivity contribution in [1.29, 1.82) is 0 Å². The number of unbranched alkanes of at least 4 members (excludes halogenated alkanes) is 29. The molecule has 0 heterocycles. The zero-order valence-corrected chi connectivity index (χ0v) is 50.4. The van der Waals surface area contributed by atoms with Crippen LogP contribution in [0.5, 0.6) is 0 Å². The Hall–Kier alpha value is -3.93. The van der Waals surface area contributed by atoms with Crippen molar-refractivity contribution in [3.8, 4) is 0 Å². The highest BCUT2D eigenvalue weighted by Crippen LogP contribution is 2.15. The topological polar surface area (TPSA) is 78.9 Å². The molecule has 77 heavy (non-hydrogen) atoms. The summed E-state index contributed by atoms with van der Waals surface area (Å²) in [4.78, 5) is 38.3. The molecule has 0 saturated heterocycles. The molecule has 0 aromatic carbocycles. The lowest BCUT2D eigenvalue weighted by Crippen LogP contribution is -2.30. The minimum Gasteiger partial charge on any atom is -0.462 e. The van der Waals surface area contributed by atoms with E-state index in [-0.39, 0.29) is 31.1 Å². The van der Waals surface area contributed by atoms with Crippen molar-refractivity contribution in [1.82, 2.24) is 0 Å². The van der Waals surface area contributed by atoms with Crippen molar-refractivity contribution < 1.29 is 28.6 Å². The Morgan fingerprint density at radius 1 is 0.273 bits per heavy atom. The summed E-state index contributed by atoms with van der Waals surface area (Å²) in [5.74, 6) is -0.934. The van der Waals surface area contributed by atoms with Crippen LogP contribution in [0, 0.1) is 0 Å². The molecular weight excluding hydrogens is 949 g/mol. The number of hydrogen-bond acceptors (Lipinski definition) is 6. The van der Waals surface area contributed by atoms with Crippen molar-refractivity contribution in [2.75, 3.05) is 13.2 Å². The van der Waals surface area contributed by atoms with Crippen LogP contribution in [0.3, 0.4) is 0 Å². The zero-order chi connectivity index (χ0) is 55.7. The summed E-state index contributed by atoms with van der Waals surface area (Å²) in [5.41, 5.74) is 0. The molecule has 0 aromatic heterocycles. The first-order chi connectivity index (χ1) is 38.0. The van der Waals surface area contributed by atoms with Crippen LogP contribution in [0.4, 0.5) is 0 Å². The standard InChI is InChI=1S/C71H120O6/c1-4-7-10-13-16-19-22-25-27-29-31-33-35-37-39-41-43-46-49-52-55-58-61-64-70(73)76-67-68(66-75-69(72)63-60-57-54-51-48-45-24-21-18-15-12-9-6-3)77-71(74)65-62-59-56-53-50-47-44-42-40-38-36-34-32-30-28-26-23-20-17-14-11-8-5-2/h9,12,18,21-23,25-26,29-32,35-38,45,48,68H,4-8,10-11,13-17,19-20,24,27-28,33-34,39-44,46-47,49-67H2,1-3H3/b12-9-,21-18-,25-22-,26-23-,31-29-,32-30-,37-35-,38-36-,48-45-. The summed E-state index contributed by atoms with van der Waals surface area (Å²) >= 11 is 0. The highest BCUT2D eigenvalue weighted by molar-refractivity contribution is 5.71. The Morgan fingerprint density at radius 2 is 0.506 bits per heavy atom. The quantitative estimate of drug-likeness (QED) is 0.0261. The van der Waals surface area contributed by atoms with Gasteiger partial charge in [-0.2, -0.15) is 0 Å². The molecule has 0 fully saturated rings. The number of esters is 3. The van der Waals surface area contributed by atoms with E-state index in [1.54, 1.807) is 0 Å². The van der Waals surface area contributed by atoms with Gasteiger partial charge >= 0.3 is 17.9 Å². The molecule has 0 spiro atoms. The lowest BCUT2D eigenvalue weighted by Gasteiger charge is -2.18. The largest absolute Gasteiger partial charge is 0.462 e. The highest BCUT2D eigenvalue weighted by Gasteiger charge is 2.19. The average molecular weight is 1070 g/mol. The number of ether oxygens (including phenoxy) is 3. The van der Waals surface area contributed by atoms with Crippen LogP contribution in [0.25, 0.3) is 0 Å². The van der Waals surface area contributed by atoms with E-state index in [0.29, 0.717) is 19.3 Å². The lowest BCUT2D eigenvalue weighted by atomic mass is 10.1. The number of carbonyl (C=O) groups is 3. The summed E-state index contributed by atoms with van der Waals surface area (Å²) in [5, 5.41) is 0. The molecule has 1 unspecified atom stereocenters. The van der Waals surface area contributed by atoms with Gasteiger partial charge in [0.2, 0.25) is 0 Å². The second-order valence-electron chi connectivity index (χ2n) is 21.3. The van der Waals surface area contributed by atoms with Gasteiger partial charge in [-0.3, -0.25) is 14.4 Å². The van der Waals surface area contributed by atoms with Crippen molar-refractivity contribution >= 4 is 17.9 Å². The maximum absolute atomic E-state index is 12.9. The summed E-state index contributed by atoms with van der Waals surface area (Å²) in [6.45, 7) is 6.48. The second-order valence-corrected chi connectivity index (χ2v) is 21.3. The van der Waals surface area contributed by atoms with E-state index in [9.17, 15) is 14.4 Å². The van der Waals surface area contributed by atoms with Gasteiger partial charge in [0.25, 0.3) is 0 Å². The zero-order valence-electron chi connectivity index (χ0n) is 50.4. The molecule has 1 atom stereocenters. The molecule has 6 heteroatoms. The Balaban J connectivity index is 4.39. The van der Waals surface area contributed by atoms with Gasteiger partial charge in [-0.15, -0.1) is 0 Å². The molecule has 440 valence electrons. The van der Waals surface area contributed by atoms with Crippen molar-refractivity contribution in [2.24, 2.45) is 0 Å². The van der Waals surface area contributed by atoms with Gasteiger partial charge in [0.1, 0.15) is 13.2 Å². The first kappa shape index (κ1) is 73.1. The SMILES string of the molecule is CC/C=C\C/C=C\C/C=C\CCCCCC(=O)OCC(COC(=O)CCCCCCCCCC/C=C\C/C=C\C/C=C\CCCCCCC)OC(=O)CCCCCCCCCC/C=C\C/C=C\C/C=C\CCCCCCC. The molecule has 0 bridgehead atoms. The Labute approximate surface area is 476 Å². The fraction of sp³-hybridized carbons (Fsp3) is 0.704. The molecule has 0 amide bonds. The summed E-state index contributed by atoms with van der Waals surface area (Å²) in [6.07, 6.45) is 88.1. The molecule has 0 aliphatic rings. The lowest BCUT2D eigenvalue weighted by molar-refractivity contribution is -0.167. The fourth-order valence-corrected chi connectivity index (χ4v) is 8.88. The summed E-state index contributed by atoms with van der Waals surface area (Å²) < 4.78 is 16.9. The molecule has 0 aliphatic carbocycles. The molecule has 6 nitrogen and oxygen atoms in total. The average Bonchev–Trinajstić information content (AvgIpc) is 3.43. The third-order valence-corrected chi connectivity index (χ3v) is 13.7. The fourth-order valence-electron chi connectivity index (χ4n) is 8.88. The molecule has 0 N–H and O–H groups in total. The van der Waals surface area contributed by atoms with E-state index in [1.165, 1.54) is 141 Å². The van der Waals surface area contributed by atoms with Gasteiger partial charge < -0.3 is 14.2 Å². The minimum atomic E-state index is -0.801. The van der Waals surface area contributed by atoms with E-state index < -0.39 is 6.10 Å². The highest BCUT2D eigenvalue weighted by atomic mass is 16.6.